The number of nitro groups is 1. The van der Waals surface area contributed by atoms with Gasteiger partial charge in [0.2, 0.25) is 5.82 Å². The SMILES string of the molecule is [N-]=[N+]=Nc1[nH]c([N+](=O)[O-])nc1C1O[C@H](CO)[C@@H](O)[C@@H]1O. The smallest absolute Gasteiger partial charge is 0.394 e. The first-order valence-electron chi connectivity index (χ1n) is 5.41. The molecule has 2 heterocycles. The van der Waals surface area contributed by atoms with Crippen LogP contribution in [0.2, 0.25) is 0 Å². The molecule has 12 heteroatoms. The molecule has 1 aromatic heterocycles. The summed E-state index contributed by atoms with van der Waals surface area (Å²) >= 11 is 0. The van der Waals surface area contributed by atoms with E-state index < -0.39 is 41.9 Å². The summed E-state index contributed by atoms with van der Waals surface area (Å²) < 4.78 is 5.16. The molecule has 0 radical (unpaired) electrons. The highest BCUT2D eigenvalue weighted by atomic mass is 16.6. The molecule has 1 aliphatic heterocycles. The van der Waals surface area contributed by atoms with Crippen LogP contribution in [0.25, 0.3) is 10.4 Å². The number of nitrogens with one attached hydrogen (secondary N) is 1. The maximum absolute atomic E-state index is 10.6. The third kappa shape index (κ3) is 2.29. The lowest BCUT2D eigenvalue weighted by Gasteiger charge is -2.10. The van der Waals surface area contributed by atoms with E-state index in [1.165, 1.54) is 0 Å². The molecule has 0 spiro atoms. The van der Waals surface area contributed by atoms with Gasteiger partial charge in [-0.1, -0.05) is 4.98 Å². The van der Waals surface area contributed by atoms with Gasteiger partial charge >= 0.3 is 5.95 Å². The summed E-state index contributed by atoms with van der Waals surface area (Å²) in [7, 11) is 0. The number of aromatic amines is 1. The first kappa shape index (κ1) is 14.2. The topological polar surface area (TPSA) is 190 Å². The highest BCUT2D eigenvalue weighted by Crippen LogP contribution is 2.37. The summed E-state index contributed by atoms with van der Waals surface area (Å²) in [5.74, 6) is -0.992. The van der Waals surface area contributed by atoms with Gasteiger partial charge in [0.25, 0.3) is 0 Å². The Kier molecular flexibility index (Phi) is 3.83. The van der Waals surface area contributed by atoms with Crippen LogP contribution in [0.15, 0.2) is 5.11 Å². The number of aromatic nitrogens is 2. The normalized spacial score (nSPS) is 29.1. The molecule has 1 aromatic rings. The summed E-state index contributed by atoms with van der Waals surface area (Å²) in [6, 6.07) is 0. The molecule has 0 aromatic carbocycles. The van der Waals surface area contributed by atoms with Crippen molar-refractivity contribution in [1.29, 1.82) is 0 Å². The highest BCUT2D eigenvalue weighted by Gasteiger charge is 2.47. The lowest BCUT2D eigenvalue weighted by atomic mass is 10.1. The monoisotopic (exact) mass is 286 g/mol. The predicted octanol–water partition coefficient (Wildman–Crippen LogP) is -0.586. The van der Waals surface area contributed by atoms with Crippen molar-refractivity contribution in [3.63, 3.8) is 0 Å². The van der Waals surface area contributed by atoms with Crippen molar-refractivity contribution in [1.82, 2.24) is 9.97 Å². The van der Waals surface area contributed by atoms with Gasteiger partial charge < -0.3 is 30.2 Å². The summed E-state index contributed by atoms with van der Waals surface area (Å²) in [6.45, 7) is -0.557. The molecule has 4 atom stereocenters. The average molecular weight is 286 g/mol. The van der Waals surface area contributed by atoms with Crippen molar-refractivity contribution < 1.29 is 25.0 Å². The molecule has 20 heavy (non-hydrogen) atoms. The van der Waals surface area contributed by atoms with Crippen LogP contribution in [-0.2, 0) is 4.74 Å². The molecule has 108 valence electrons. The van der Waals surface area contributed by atoms with Crippen LogP contribution in [0.1, 0.15) is 11.8 Å². The first-order valence-corrected chi connectivity index (χ1v) is 5.41. The van der Waals surface area contributed by atoms with Crippen LogP contribution in [0.4, 0.5) is 11.8 Å². The Balaban J connectivity index is 2.41. The third-order valence-electron chi connectivity index (χ3n) is 2.83. The quantitative estimate of drug-likeness (QED) is 0.187. The zero-order valence-corrected chi connectivity index (χ0v) is 9.82. The van der Waals surface area contributed by atoms with E-state index >= 15 is 0 Å². The van der Waals surface area contributed by atoms with Crippen LogP contribution in [0.5, 0.6) is 0 Å². The molecule has 0 amide bonds. The Hall–Kier alpha value is -2.24. The van der Waals surface area contributed by atoms with Crippen LogP contribution < -0.4 is 0 Å². The second-order valence-electron chi connectivity index (χ2n) is 4.00. The minimum atomic E-state index is -1.47. The molecular formula is C8H10N6O6. The summed E-state index contributed by atoms with van der Waals surface area (Å²) in [4.78, 5) is 18.0. The molecule has 0 saturated carbocycles. The number of aliphatic hydroxyl groups excluding tert-OH is 3. The molecule has 0 bridgehead atoms. The third-order valence-corrected chi connectivity index (χ3v) is 2.83. The van der Waals surface area contributed by atoms with E-state index in [1.807, 2.05) is 0 Å². The van der Waals surface area contributed by atoms with Crippen LogP contribution in [0, 0.1) is 10.1 Å². The Bertz CT molecular complexity index is 568. The second-order valence-corrected chi connectivity index (χ2v) is 4.00. The summed E-state index contributed by atoms with van der Waals surface area (Å²) in [6.07, 6.45) is -5.18. The number of nitrogens with zero attached hydrogens (tertiary/aromatic N) is 5. The highest BCUT2D eigenvalue weighted by molar-refractivity contribution is 5.41. The van der Waals surface area contributed by atoms with E-state index in [-0.39, 0.29) is 11.5 Å². The van der Waals surface area contributed by atoms with Crippen LogP contribution in [0.3, 0.4) is 0 Å². The van der Waals surface area contributed by atoms with Crippen molar-refractivity contribution in [2.45, 2.75) is 24.4 Å². The Morgan fingerprint density at radius 1 is 1.55 bits per heavy atom. The van der Waals surface area contributed by atoms with E-state index in [4.69, 9.17) is 15.4 Å². The molecule has 1 saturated heterocycles. The van der Waals surface area contributed by atoms with Gasteiger partial charge in [-0.15, -0.1) is 0 Å². The average Bonchev–Trinajstić information content (AvgIpc) is 2.94. The lowest BCUT2D eigenvalue weighted by molar-refractivity contribution is -0.393. The minimum absolute atomic E-state index is 0.211. The fourth-order valence-corrected chi connectivity index (χ4v) is 1.90. The lowest BCUT2D eigenvalue weighted by Crippen LogP contribution is -2.32. The second kappa shape index (κ2) is 5.40. The fraction of sp³-hybridized carbons (Fsp3) is 0.625. The van der Waals surface area contributed by atoms with E-state index in [0.717, 1.165) is 0 Å². The number of azide groups is 1. The molecule has 2 rings (SSSR count). The number of hydrogen-bond acceptors (Lipinski definition) is 8. The zero-order chi connectivity index (χ0) is 14.9. The van der Waals surface area contributed by atoms with Gasteiger partial charge in [0.15, 0.2) is 5.69 Å². The van der Waals surface area contributed by atoms with E-state index in [0.29, 0.717) is 0 Å². The standard InChI is InChI=1S/C8H10N6O6/c9-13-12-7-3(10-8(11-7)14(18)19)6-5(17)4(16)2(1-15)20-6/h2,4-6,15-17H,1H2,(H,10,11)/t2-,4-,5+,6?/m1/s1. The number of imidazole rings is 1. The van der Waals surface area contributed by atoms with E-state index in [1.54, 1.807) is 0 Å². The largest absolute Gasteiger partial charge is 0.432 e. The zero-order valence-electron chi connectivity index (χ0n) is 9.82. The molecule has 0 aliphatic carbocycles. The van der Waals surface area contributed by atoms with E-state index in [2.05, 4.69) is 20.0 Å². The molecule has 12 nitrogen and oxygen atoms in total. The first-order chi connectivity index (χ1) is 9.49. The molecule has 4 N–H and O–H groups in total. The number of hydrogen-bond donors (Lipinski definition) is 4. The number of ether oxygens (including phenoxy) is 1. The van der Waals surface area contributed by atoms with Gasteiger partial charge in [0, 0.05) is 4.91 Å². The number of H-pyrrole nitrogens is 1. The molecular weight excluding hydrogens is 276 g/mol. The Labute approximate surface area is 110 Å². The number of aliphatic hydroxyl groups is 3. The van der Waals surface area contributed by atoms with Crippen molar-refractivity contribution in [2.75, 3.05) is 6.61 Å². The van der Waals surface area contributed by atoms with Crippen LogP contribution >= 0.6 is 0 Å². The van der Waals surface area contributed by atoms with Gasteiger partial charge in [-0.25, -0.2) is 4.98 Å². The molecule has 1 unspecified atom stereocenters. The Morgan fingerprint density at radius 2 is 2.25 bits per heavy atom. The van der Waals surface area contributed by atoms with Crippen molar-refractivity contribution >= 4 is 11.8 Å². The van der Waals surface area contributed by atoms with Crippen molar-refractivity contribution in [3.05, 3.63) is 26.3 Å². The summed E-state index contributed by atoms with van der Waals surface area (Å²) in [5.41, 5.74) is 8.19. The van der Waals surface area contributed by atoms with Crippen molar-refractivity contribution in [2.24, 2.45) is 5.11 Å². The maximum atomic E-state index is 10.6. The van der Waals surface area contributed by atoms with Crippen LogP contribution in [-0.4, -0.2) is 55.1 Å². The molecule has 1 fully saturated rings. The van der Waals surface area contributed by atoms with Gasteiger partial charge in [-0.05, 0) is 15.6 Å². The van der Waals surface area contributed by atoms with Gasteiger partial charge in [0.1, 0.15) is 24.4 Å². The van der Waals surface area contributed by atoms with Crippen molar-refractivity contribution in [3.8, 4) is 0 Å². The minimum Gasteiger partial charge on any atom is -0.394 e. The number of rotatable bonds is 4. The predicted molar refractivity (Wildman–Crippen MR) is 60.8 cm³/mol. The Morgan fingerprint density at radius 3 is 2.75 bits per heavy atom. The fourth-order valence-electron chi connectivity index (χ4n) is 1.90. The summed E-state index contributed by atoms with van der Waals surface area (Å²) in [5, 5.41) is 42.2. The van der Waals surface area contributed by atoms with E-state index in [9.17, 15) is 20.3 Å². The van der Waals surface area contributed by atoms with Gasteiger partial charge in [0.05, 0.1) is 6.61 Å². The van der Waals surface area contributed by atoms with Gasteiger partial charge in [-0.2, -0.15) is 0 Å². The molecule has 1 aliphatic rings. The van der Waals surface area contributed by atoms with Gasteiger partial charge in [-0.3, -0.25) is 0 Å². The maximum Gasteiger partial charge on any atom is 0.432 e.